The zero-order chi connectivity index (χ0) is 23.2. The highest BCUT2D eigenvalue weighted by Crippen LogP contribution is 2.39. The lowest BCUT2D eigenvalue weighted by Gasteiger charge is -2.52. The summed E-state index contributed by atoms with van der Waals surface area (Å²) < 4.78 is 6.21. The van der Waals surface area contributed by atoms with E-state index in [-0.39, 0.29) is 16.2 Å². The van der Waals surface area contributed by atoms with Crippen molar-refractivity contribution in [1.82, 2.24) is 21.1 Å². The first-order valence-corrected chi connectivity index (χ1v) is 11.4. The molecule has 0 spiro atoms. The van der Waals surface area contributed by atoms with Crippen LogP contribution in [-0.4, -0.2) is 44.2 Å². The van der Waals surface area contributed by atoms with Crippen LogP contribution >= 0.6 is 24.4 Å². The maximum Gasteiger partial charge on any atom is 0.186 e. The summed E-state index contributed by atoms with van der Waals surface area (Å²) in [6.45, 7) is 14.4. The third kappa shape index (κ3) is 6.98. The van der Waals surface area contributed by atoms with Crippen LogP contribution in [0.5, 0.6) is 0 Å². The van der Waals surface area contributed by atoms with E-state index in [1.165, 1.54) is 19.3 Å². The highest BCUT2D eigenvalue weighted by molar-refractivity contribution is 7.80. The molecule has 10 heteroatoms. The Morgan fingerprint density at radius 1 is 1.13 bits per heavy atom. The summed E-state index contributed by atoms with van der Waals surface area (Å²) in [5.41, 5.74) is 12.2. The largest absolute Gasteiger partial charge is 0.458 e. The van der Waals surface area contributed by atoms with E-state index >= 15 is 0 Å². The van der Waals surface area contributed by atoms with Gasteiger partial charge in [-0.25, -0.2) is 0 Å². The van der Waals surface area contributed by atoms with Crippen molar-refractivity contribution in [1.29, 1.82) is 0 Å². The van der Waals surface area contributed by atoms with Crippen molar-refractivity contribution in [2.75, 3.05) is 6.54 Å². The van der Waals surface area contributed by atoms with E-state index < -0.39 is 0 Å². The molecule has 0 radical (unpaired) electrons. The minimum Gasteiger partial charge on any atom is -0.458 e. The van der Waals surface area contributed by atoms with Gasteiger partial charge in [-0.05, 0) is 97.4 Å². The molecule has 31 heavy (non-hydrogen) atoms. The van der Waals surface area contributed by atoms with Crippen LogP contribution in [0.25, 0.3) is 0 Å². The molecule has 5 N–H and O–H groups in total. The number of furan rings is 1. The van der Waals surface area contributed by atoms with Crippen molar-refractivity contribution in [2.24, 2.45) is 15.9 Å². The van der Waals surface area contributed by atoms with Gasteiger partial charge >= 0.3 is 0 Å². The summed E-state index contributed by atoms with van der Waals surface area (Å²) >= 11 is 10.1. The molecule has 0 bridgehead atoms. The molecule has 1 aromatic rings. The molecule has 2 rings (SSSR count). The van der Waals surface area contributed by atoms with Crippen LogP contribution in [0.1, 0.15) is 72.3 Å². The lowest BCUT2D eigenvalue weighted by Crippen LogP contribution is -2.57. The molecule has 1 aliphatic rings. The Morgan fingerprint density at radius 2 is 1.77 bits per heavy atom. The van der Waals surface area contributed by atoms with E-state index in [0.717, 1.165) is 12.3 Å². The fraction of sp³-hybridized carbons (Fsp3) is 0.619. The fourth-order valence-electron chi connectivity index (χ4n) is 4.03. The van der Waals surface area contributed by atoms with Crippen LogP contribution < -0.4 is 21.9 Å². The van der Waals surface area contributed by atoms with Crippen LogP contribution in [0.4, 0.5) is 0 Å². The van der Waals surface area contributed by atoms with E-state index in [2.05, 4.69) is 59.0 Å². The predicted octanol–water partition coefficient (Wildman–Crippen LogP) is 3.22. The third-order valence-electron chi connectivity index (χ3n) is 5.53. The van der Waals surface area contributed by atoms with Crippen LogP contribution in [-0.2, 0) is 6.54 Å². The Kier molecular flexibility index (Phi) is 8.56. The molecule has 0 aliphatic carbocycles. The normalized spacial score (nSPS) is 19.0. The molecule has 8 nitrogen and oxygen atoms in total. The maximum absolute atomic E-state index is 6.21. The van der Waals surface area contributed by atoms with Gasteiger partial charge in [0.25, 0.3) is 0 Å². The second-order valence-electron chi connectivity index (χ2n) is 8.94. The quantitative estimate of drug-likeness (QED) is 0.277. The van der Waals surface area contributed by atoms with Gasteiger partial charge in [0.2, 0.25) is 0 Å². The first-order valence-electron chi connectivity index (χ1n) is 10.5. The second kappa shape index (κ2) is 10.5. The van der Waals surface area contributed by atoms with Crippen LogP contribution in [0.3, 0.4) is 0 Å². The minimum absolute atomic E-state index is 0.0736. The zero-order valence-electron chi connectivity index (χ0n) is 19.3. The van der Waals surface area contributed by atoms with Crippen LogP contribution in [0.15, 0.2) is 26.8 Å². The molecule has 0 saturated carbocycles. The number of hydrogen-bond acceptors (Lipinski definition) is 6. The fourth-order valence-corrected chi connectivity index (χ4v) is 4.27. The van der Waals surface area contributed by atoms with Crippen molar-refractivity contribution in [3.8, 4) is 0 Å². The summed E-state index contributed by atoms with van der Waals surface area (Å²) in [5, 5.41) is 12.1. The topological polar surface area (TPSA) is 103 Å². The van der Waals surface area contributed by atoms with E-state index in [4.69, 9.17) is 34.6 Å². The predicted molar refractivity (Wildman–Crippen MR) is 135 cm³/mol. The van der Waals surface area contributed by atoms with Gasteiger partial charge in [0, 0.05) is 17.6 Å². The second-order valence-corrected chi connectivity index (χ2v) is 9.78. The van der Waals surface area contributed by atoms with Gasteiger partial charge in [-0.1, -0.05) is 0 Å². The number of rotatable bonds is 7. The Morgan fingerprint density at radius 3 is 2.35 bits per heavy atom. The molecule has 1 saturated heterocycles. The van der Waals surface area contributed by atoms with Crippen molar-refractivity contribution >= 4 is 46.1 Å². The van der Waals surface area contributed by atoms with Crippen molar-refractivity contribution in [3.63, 3.8) is 0 Å². The molecular weight excluding hydrogens is 430 g/mol. The number of piperidine rings is 1. The molecular formula is C21H35N7OS2. The van der Waals surface area contributed by atoms with Gasteiger partial charge in [-0.3, -0.25) is 15.8 Å². The van der Waals surface area contributed by atoms with Gasteiger partial charge in [0.05, 0.1) is 12.3 Å². The number of likely N-dealkylation sites (tertiary alicyclic amines) is 1. The monoisotopic (exact) mass is 465 g/mol. The SMILES string of the molecule is CCNC(=S)N/N=C(/C(C)=N/NC(N)=S)c1ccc(CN2C(C)(C)CCCC2(C)C)o1. The van der Waals surface area contributed by atoms with Gasteiger partial charge < -0.3 is 15.5 Å². The summed E-state index contributed by atoms with van der Waals surface area (Å²) in [7, 11) is 0. The summed E-state index contributed by atoms with van der Waals surface area (Å²) in [6, 6.07) is 3.89. The van der Waals surface area contributed by atoms with Crippen LogP contribution in [0, 0.1) is 0 Å². The van der Waals surface area contributed by atoms with E-state index in [0.29, 0.717) is 28.8 Å². The number of hydrazone groups is 2. The van der Waals surface area contributed by atoms with E-state index in [9.17, 15) is 0 Å². The van der Waals surface area contributed by atoms with Crippen molar-refractivity contribution in [3.05, 3.63) is 23.7 Å². The highest BCUT2D eigenvalue weighted by Gasteiger charge is 2.41. The molecule has 0 unspecified atom stereocenters. The van der Waals surface area contributed by atoms with Gasteiger partial charge in [0.1, 0.15) is 11.5 Å². The third-order valence-corrected chi connectivity index (χ3v) is 5.86. The average molecular weight is 466 g/mol. The lowest BCUT2D eigenvalue weighted by atomic mass is 9.80. The molecule has 1 aliphatic heterocycles. The number of hydrogen-bond donors (Lipinski definition) is 4. The summed E-state index contributed by atoms with van der Waals surface area (Å²) in [6.07, 6.45) is 3.57. The first kappa shape index (κ1) is 25.2. The summed E-state index contributed by atoms with van der Waals surface area (Å²) in [5.74, 6) is 1.45. The molecule has 1 aromatic heterocycles. The molecule has 2 heterocycles. The summed E-state index contributed by atoms with van der Waals surface area (Å²) in [4.78, 5) is 2.52. The van der Waals surface area contributed by atoms with Gasteiger partial charge in [-0.15, -0.1) is 0 Å². The number of nitrogens with one attached hydrogen (secondary N) is 3. The number of thiocarbonyl (C=S) groups is 2. The van der Waals surface area contributed by atoms with Crippen molar-refractivity contribution < 1.29 is 4.42 Å². The van der Waals surface area contributed by atoms with E-state index in [1.807, 2.05) is 19.1 Å². The smallest absolute Gasteiger partial charge is 0.186 e. The number of nitrogens with two attached hydrogens (primary N) is 1. The molecule has 0 atom stereocenters. The van der Waals surface area contributed by atoms with Gasteiger partial charge in [-0.2, -0.15) is 10.2 Å². The average Bonchev–Trinajstić information content (AvgIpc) is 3.11. The molecule has 172 valence electrons. The minimum atomic E-state index is 0.0736. The Balaban J connectivity index is 2.30. The van der Waals surface area contributed by atoms with Crippen LogP contribution in [0.2, 0.25) is 0 Å². The molecule has 0 aromatic carbocycles. The van der Waals surface area contributed by atoms with E-state index in [1.54, 1.807) is 6.92 Å². The highest BCUT2D eigenvalue weighted by atomic mass is 32.1. The molecule has 0 amide bonds. The Bertz CT molecular complexity index is 842. The lowest BCUT2D eigenvalue weighted by molar-refractivity contribution is -0.0384. The molecule has 1 fully saturated rings. The first-order chi connectivity index (χ1) is 14.5. The van der Waals surface area contributed by atoms with Crippen molar-refractivity contribution in [2.45, 2.75) is 78.4 Å². The maximum atomic E-state index is 6.21. The zero-order valence-corrected chi connectivity index (χ0v) is 21.0. The number of nitrogens with zero attached hydrogens (tertiary/aromatic N) is 3. The Hall–Kier alpha value is -2.04. The Labute approximate surface area is 196 Å². The standard InChI is InChI=1S/C21H35N7OS2/c1-7-23-19(31)27-25-17(14(2)24-26-18(22)30)16-10-9-15(29-16)13-28-20(3,4)11-8-12-21(28,5)6/h9-10H,7-8,11-13H2,1-6H3,(H3,22,26,30)(H2,23,27,31)/b24-14+,25-17-. The van der Waals surface area contributed by atoms with Gasteiger partial charge in [0.15, 0.2) is 16.0 Å².